The van der Waals surface area contributed by atoms with Crippen molar-refractivity contribution in [2.75, 3.05) is 19.7 Å². The summed E-state index contributed by atoms with van der Waals surface area (Å²) >= 11 is 6.03. The van der Waals surface area contributed by atoms with E-state index < -0.39 is 0 Å². The van der Waals surface area contributed by atoms with E-state index in [4.69, 9.17) is 16.3 Å². The van der Waals surface area contributed by atoms with Crippen molar-refractivity contribution in [2.45, 2.75) is 32.2 Å². The topological polar surface area (TPSA) is 55.3 Å². The summed E-state index contributed by atoms with van der Waals surface area (Å²) in [6.45, 7) is 5.01. The van der Waals surface area contributed by atoms with Crippen LogP contribution in [0.4, 0.5) is 0 Å². The highest BCUT2D eigenvalue weighted by atomic mass is 35.5. The fourth-order valence-corrected chi connectivity index (χ4v) is 3.42. The molecular formula is C19H22ClN3O2. The number of nitrogens with zero attached hydrogens (tertiary/aromatic N) is 3. The summed E-state index contributed by atoms with van der Waals surface area (Å²) in [5.74, 6) is -0.0860. The Morgan fingerprint density at radius 3 is 2.72 bits per heavy atom. The van der Waals surface area contributed by atoms with Crippen LogP contribution in [0.3, 0.4) is 0 Å². The van der Waals surface area contributed by atoms with E-state index in [0.717, 1.165) is 38.2 Å². The fraction of sp³-hybridized carbons (Fsp3) is 0.421. The lowest BCUT2D eigenvalue weighted by Crippen LogP contribution is -2.33. The highest BCUT2D eigenvalue weighted by molar-refractivity contribution is 6.30. The first-order chi connectivity index (χ1) is 12.2. The van der Waals surface area contributed by atoms with Crippen LogP contribution in [0.25, 0.3) is 0 Å². The third-order valence-electron chi connectivity index (χ3n) is 4.51. The van der Waals surface area contributed by atoms with E-state index in [0.29, 0.717) is 17.2 Å². The molecule has 132 valence electrons. The smallest absolute Gasteiger partial charge is 0.340 e. The molecule has 0 bridgehead atoms. The molecule has 0 atom stereocenters. The van der Waals surface area contributed by atoms with Gasteiger partial charge in [-0.1, -0.05) is 11.6 Å². The molecule has 0 radical (unpaired) electrons. The number of aromatic nitrogens is 2. The van der Waals surface area contributed by atoms with Crippen LogP contribution in [0.5, 0.6) is 0 Å². The maximum absolute atomic E-state index is 12.2. The molecule has 1 fully saturated rings. The van der Waals surface area contributed by atoms with E-state index in [2.05, 4.69) is 14.9 Å². The van der Waals surface area contributed by atoms with Crippen LogP contribution in [0.1, 0.15) is 47.3 Å². The number of carbonyl (C=O) groups excluding carboxylic acids is 1. The molecule has 0 unspecified atom stereocenters. The number of esters is 1. The van der Waals surface area contributed by atoms with Gasteiger partial charge in [-0.15, -0.1) is 0 Å². The van der Waals surface area contributed by atoms with Gasteiger partial charge in [0.2, 0.25) is 0 Å². The highest BCUT2D eigenvalue weighted by Crippen LogP contribution is 2.31. The van der Waals surface area contributed by atoms with Gasteiger partial charge < -0.3 is 4.74 Å². The maximum Gasteiger partial charge on any atom is 0.340 e. The second kappa shape index (κ2) is 8.41. The average Bonchev–Trinajstić information content (AvgIpc) is 2.63. The van der Waals surface area contributed by atoms with E-state index in [1.807, 2.05) is 24.5 Å². The molecule has 25 heavy (non-hydrogen) atoms. The number of ether oxygens (including phenoxy) is 1. The Bertz CT molecular complexity index is 716. The molecule has 3 heterocycles. The predicted octanol–water partition coefficient (Wildman–Crippen LogP) is 3.69. The number of hydrogen-bond donors (Lipinski definition) is 0. The zero-order valence-electron chi connectivity index (χ0n) is 14.3. The molecule has 0 saturated carbocycles. The van der Waals surface area contributed by atoms with Gasteiger partial charge in [0.05, 0.1) is 22.9 Å². The summed E-state index contributed by atoms with van der Waals surface area (Å²) in [4.78, 5) is 23.2. The van der Waals surface area contributed by atoms with Crippen molar-refractivity contribution in [2.24, 2.45) is 0 Å². The molecular weight excluding hydrogens is 338 g/mol. The van der Waals surface area contributed by atoms with E-state index in [1.54, 1.807) is 19.2 Å². The molecule has 0 aliphatic carbocycles. The summed E-state index contributed by atoms with van der Waals surface area (Å²) in [6, 6.07) is 5.77. The normalized spacial score (nSPS) is 15.9. The Kier molecular flexibility index (Phi) is 6.00. The van der Waals surface area contributed by atoms with Crippen LogP contribution in [0.15, 0.2) is 36.8 Å². The molecule has 1 aliphatic rings. The second-order valence-corrected chi connectivity index (χ2v) is 6.65. The lowest BCUT2D eigenvalue weighted by Gasteiger charge is -2.32. The fourth-order valence-electron chi connectivity index (χ4n) is 3.26. The standard InChI is InChI=1S/C19H22ClN3O2/c1-2-25-19(24)17-11-16(20)12-22-18(17)15-5-9-23(10-6-15)13-14-3-7-21-8-4-14/h3-4,7-8,11-12,15H,2,5-6,9-10,13H2,1H3. The van der Waals surface area contributed by atoms with Crippen LogP contribution in [-0.4, -0.2) is 40.5 Å². The maximum atomic E-state index is 12.2. The van der Waals surface area contributed by atoms with E-state index in [1.165, 1.54) is 5.56 Å². The molecule has 3 rings (SSSR count). The van der Waals surface area contributed by atoms with Gasteiger partial charge in [0.1, 0.15) is 0 Å². The van der Waals surface area contributed by atoms with Crippen molar-refractivity contribution in [1.82, 2.24) is 14.9 Å². The zero-order valence-corrected chi connectivity index (χ0v) is 15.1. The third kappa shape index (κ3) is 4.55. The number of likely N-dealkylation sites (tertiary alicyclic amines) is 1. The van der Waals surface area contributed by atoms with Gasteiger partial charge in [0.15, 0.2) is 0 Å². The van der Waals surface area contributed by atoms with Crippen molar-refractivity contribution < 1.29 is 9.53 Å². The van der Waals surface area contributed by atoms with E-state index in [9.17, 15) is 4.79 Å². The highest BCUT2D eigenvalue weighted by Gasteiger charge is 2.26. The molecule has 0 amide bonds. The SMILES string of the molecule is CCOC(=O)c1cc(Cl)cnc1C1CCN(Cc2ccncc2)CC1. The lowest BCUT2D eigenvalue weighted by atomic mass is 9.90. The molecule has 1 saturated heterocycles. The van der Waals surface area contributed by atoms with Crippen LogP contribution in [-0.2, 0) is 11.3 Å². The molecule has 6 heteroatoms. The average molecular weight is 360 g/mol. The Hall–Kier alpha value is -1.98. The van der Waals surface area contributed by atoms with Gasteiger partial charge in [-0.05, 0) is 56.6 Å². The minimum absolute atomic E-state index is 0.255. The molecule has 5 nitrogen and oxygen atoms in total. The van der Waals surface area contributed by atoms with Gasteiger partial charge in [-0.2, -0.15) is 0 Å². The molecule has 0 spiro atoms. The van der Waals surface area contributed by atoms with Crippen molar-refractivity contribution in [1.29, 1.82) is 0 Å². The first kappa shape index (κ1) is 17.8. The Morgan fingerprint density at radius 1 is 1.32 bits per heavy atom. The summed E-state index contributed by atoms with van der Waals surface area (Å²) < 4.78 is 5.16. The molecule has 1 aliphatic heterocycles. The van der Waals surface area contributed by atoms with Crippen molar-refractivity contribution >= 4 is 17.6 Å². The minimum Gasteiger partial charge on any atom is -0.462 e. The summed E-state index contributed by atoms with van der Waals surface area (Å²) in [7, 11) is 0. The number of hydrogen-bond acceptors (Lipinski definition) is 5. The first-order valence-electron chi connectivity index (χ1n) is 8.61. The van der Waals surface area contributed by atoms with Crippen LogP contribution < -0.4 is 0 Å². The second-order valence-electron chi connectivity index (χ2n) is 6.21. The predicted molar refractivity (Wildman–Crippen MR) is 96.7 cm³/mol. The number of carbonyl (C=O) groups is 1. The summed E-state index contributed by atoms with van der Waals surface area (Å²) in [5.41, 5.74) is 2.58. The number of halogens is 1. The number of rotatable bonds is 5. The van der Waals surface area contributed by atoms with Crippen LogP contribution >= 0.6 is 11.6 Å². The number of pyridine rings is 2. The number of piperidine rings is 1. The molecule has 0 aromatic carbocycles. The molecule has 0 N–H and O–H groups in total. The monoisotopic (exact) mass is 359 g/mol. The summed E-state index contributed by atoms with van der Waals surface area (Å²) in [5, 5.41) is 0.460. The quantitative estimate of drug-likeness (QED) is 0.762. The van der Waals surface area contributed by atoms with Gasteiger partial charge >= 0.3 is 5.97 Å². The molecule has 2 aromatic rings. The van der Waals surface area contributed by atoms with Crippen LogP contribution in [0.2, 0.25) is 5.02 Å². The van der Waals surface area contributed by atoms with Crippen molar-refractivity contribution in [3.63, 3.8) is 0 Å². The van der Waals surface area contributed by atoms with Gasteiger partial charge in [-0.25, -0.2) is 4.79 Å². The Balaban J connectivity index is 1.67. The van der Waals surface area contributed by atoms with E-state index in [-0.39, 0.29) is 11.9 Å². The molecule has 2 aromatic heterocycles. The summed E-state index contributed by atoms with van der Waals surface area (Å²) in [6.07, 6.45) is 7.19. The Labute approximate surface area is 153 Å². The Morgan fingerprint density at radius 2 is 2.04 bits per heavy atom. The zero-order chi connectivity index (χ0) is 17.6. The third-order valence-corrected chi connectivity index (χ3v) is 4.72. The van der Waals surface area contributed by atoms with Crippen molar-refractivity contribution in [3.05, 3.63) is 58.6 Å². The minimum atomic E-state index is -0.341. The van der Waals surface area contributed by atoms with Crippen LogP contribution in [0, 0.1) is 0 Å². The largest absolute Gasteiger partial charge is 0.462 e. The van der Waals surface area contributed by atoms with Gasteiger partial charge in [-0.3, -0.25) is 14.9 Å². The van der Waals surface area contributed by atoms with Gasteiger partial charge in [0.25, 0.3) is 0 Å². The van der Waals surface area contributed by atoms with E-state index >= 15 is 0 Å². The van der Waals surface area contributed by atoms with Gasteiger partial charge in [0, 0.05) is 31.1 Å². The lowest BCUT2D eigenvalue weighted by molar-refractivity contribution is 0.0523. The van der Waals surface area contributed by atoms with Crippen molar-refractivity contribution in [3.8, 4) is 0 Å². The first-order valence-corrected chi connectivity index (χ1v) is 8.99.